The summed E-state index contributed by atoms with van der Waals surface area (Å²) in [5, 5.41) is 5.59. The SMILES string of the molecule is COCCNC(=O)Cn1c(-c2cccs2)cc2cc(F)ccc21. The Labute approximate surface area is 137 Å². The van der Waals surface area contributed by atoms with Crippen molar-refractivity contribution in [3.63, 3.8) is 0 Å². The molecule has 0 atom stereocenters. The molecular weight excluding hydrogens is 315 g/mol. The van der Waals surface area contributed by atoms with Crippen LogP contribution in [-0.2, 0) is 16.1 Å². The summed E-state index contributed by atoms with van der Waals surface area (Å²) in [6.07, 6.45) is 0. The van der Waals surface area contributed by atoms with Gasteiger partial charge in [0.25, 0.3) is 0 Å². The van der Waals surface area contributed by atoms with Crippen LogP contribution in [-0.4, -0.2) is 30.7 Å². The van der Waals surface area contributed by atoms with Gasteiger partial charge in [-0.3, -0.25) is 4.79 Å². The zero-order valence-electron chi connectivity index (χ0n) is 12.7. The van der Waals surface area contributed by atoms with Gasteiger partial charge >= 0.3 is 0 Å². The van der Waals surface area contributed by atoms with Crippen molar-refractivity contribution in [2.75, 3.05) is 20.3 Å². The van der Waals surface area contributed by atoms with Crippen LogP contribution in [0, 0.1) is 5.82 Å². The third-order valence-electron chi connectivity index (χ3n) is 3.57. The van der Waals surface area contributed by atoms with Gasteiger partial charge < -0.3 is 14.6 Å². The van der Waals surface area contributed by atoms with E-state index >= 15 is 0 Å². The second-order valence-electron chi connectivity index (χ2n) is 5.14. The van der Waals surface area contributed by atoms with E-state index in [0.29, 0.717) is 13.2 Å². The highest BCUT2D eigenvalue weighted by atomic mass is 32.1. The van der Waals surface area contributed by atoms with Crippen LogP contribution < -0.4 is 5.32 Å². The monoisotopic (exact) mass is 332 g/mol. The third kappa shape index (κ3) is 3.43. The molecule has 4 nitrogen and oxygen atoms in total. The molecule has 0 bridgehead atoms. The first-order chi connectivity index (χ1) is 11.2. The lowest BCUT2D eigenvalue weighted by Crippen LogP contribution is -2.30. The highest BCUT2D eigenvalue weighted by Gasteiger charge is 2.14. The number of amides is 1. The first kappa shape index (κ1) is 15.7. The first-order valence-corrected chi connectivity index (χ1v) is 8.15. The van der Waals surface area contributed by atoms with Crippen LogP contribution in [0.2, 0.25) is 0 Å². The fraction of sp³-hybridized carbons (Fsp3) is 0.235. The van der Waals surface area contributed by atoms with E-state index in [4.69, 9.17) is 4.74 Å². The molecule has 2 aromatic heterocycles. The lowest BCUT2D eigenvalue weighted by molar-refractivity contribution is -0.121. The van der Waals surface area contributed by atoms with Gasteiger partial charge in [0.15, 0.2) is 0 Å². The summed E-state index contributed by atoms with van der Waals surface area (Å²) < 4.78 is 20.3. The number of thiophene rings is 1. The Balaban J connectivity index is 1.96. The number of fused-ring (bicyclic) bond motifs is 1. The summed E-state index contributed by atoms with van der Waals surface area (Å²) in [6, 6.07) is 10.5. The fourth-order valence-electron chi connectivity index (χ4n) is 2.53. The van der Waals surface area contributed by atoms with Crippen molar-refractivity contribution in [1.82, 2.24) is 9.88 Å². The maximum absolute atomic E-state index is 13.5. The Morgan fingerprint density at radius 1 is 1.35 bits per heavy atom. The van der Waals surface area contributed by atoms with E-state index in [9.17, 15) is 9.18 Å². The lowest BCUT2D eigenvalue weighted by Gasteiger charge is -2.10. The molecule has 6 heteroatoms. The number of carbonyl (C=O) groups is 1. The maximum Gasteiger partial charge on any atom is 0.240 e. The van der Waals surface area contributed by atoms with Crippen LogP contribution in [0.1, 0.15) is 0 Å². The number of hydrogen-bond acceptors (Lipinski definition) is 3. The van der Waals surface area contributed by atoms with Crippen LogP contribution in [0.4, 0.5) is 4.39 Å². The minimum absolute atomic E-state index is 0.0957. The van der Waals surface area contributed by atoms with E-state index in [1.165, 1.54) is 12.1 Å². The second-order valence-corrected chi connectivity index (χ2v) is 6.09. The number of aromatic nitrogens is 1. The quantitative estimate of drug-likeness (QED) is 0.704. The van der Waals surface area contributed by atoms with Gasteiger partial charge in [-0.05, 0) is 35.7 Å². The number of carbonyl (C=O) groups excluding carboxylic acids is 1. The topological polar surface area (TPSA) is 43.3 Å². The summed E-state index contributed by atoms with van der Waals surface area (Å²) in [6.45, 7) is 1.13. The molecule has 0 saturated heterocycles. The molecule has 0 aliphatic heterocycles. The lowest BCUT2D eigenvalue weighted by atomic mass is 10.2. The standard InChI is InChI=1S/C17H17FN2O2S/c1-22-7-6-19-17(21)11-20-14-5-4-13(18)9-12(14)10-15(20)16-3-2-8-23-16/h2-5,8-10H,6-7,11H2,1H3,(H,19,21). The van der Waals surface area contributed by atoms with E-state index in [0.717, 1.165) is 21.5 Å². The van der Waals surface area contributed by atoms with Gasteiger partial charge in [0.1, 0.15) is 12.4 Å². The van der Waals surface area contributed by atoms with Gasteiger partial charge in [-0.25, -0.2) is 4.39 Å². The zero-order valence-corrected chi connectivity index (χ0v) is 13.5. The Morgan fingerprint density at radius 3 is 2.96 bits per heavy atom. The molecule has 23 heavy (non-hydrogen) atoms. The van der Waals surface area contributed by atoms with Crippen molar-refractivity contribution in [2.45, 2.75) is 6.54 Å². The smallest absolute Gasteiger partial charge is 0.240 e. The number of ether oxygens (including phenoxy) is 1. The molecule has 3 aromatic rings. The Kier molecular flexibility index (Phi) is 4.73. The summed E-state index contributed by atoms with van der Waals surface area (Å²) in [7, 11) is 1.59. The number of rotatable bonds is 6. The second kappa shape index (κ2) is 6.93. The number of benzene rings is 1. The Hall–Kier alpha value is -2.18. The summed E-state index contributed by atoms with van der Waals surface area (Å²) in [5.74, 6) is -0.376. The highest BCUT2D eigenvalue weighted by Crippen LogP contribution is 2.31. The maximum atomic E-state index is 13.5. The first-order valence-electron chi connectivity index (χ1n) is 7.27. The summed E-state index contributed by atoms with van der Waals surface area (Å²) in [5.41, 5.74) is 1.76. The molecule has 0 radical (unpaired) electrons. The van der Waals surface area contributed by atoms with E-state index < -0.39 is 0 Å². The number of nitrogens with one attached hydrogen (secondary N) is 1. The van der Waals surface area contributed by atoms with E-state index in [1.54, 1.807) is 24.5 Å². The average molecular weight is 332 g/mol. The van der Waals surface area contributed by atoms with Crippen molar-refractivity contribution in [3.8, 4) is 10.6 Å². The van der Waals surface area contributed by atoms with E-state index in [-0.39, 0.29) is 18.3 Å². The van der Waals surface area contributed by atoms with Crippen LogP contribution >= 0.6 is 11.3 Å². The minimum Gasteiger partial charge on any atom is -0.383 e. The van der Waals surface area contributed by atoms with Gasteiger partial charge in [0.05, 0.1) is 17.2 Å². The van der Waals surface area contributed by atoms with Crippen molar-refractivity contribution in [2.24, 2.45) is 0 Å². The minimum atomic E-state index is -0.281. The highest BCUT2D eigenvalue weighted by molar-refractivity contribution is 7.13. The number of hydrogen-bond donors (Lipinski definition) is 1. The third-order valence-corrected chi connectivity index (χ3v) is 4.46. The normalized spacial score (nSPS) is 11.0. The van der Waals surface area contributed by atoms with E-state index in [1.807, 2.05) is 28.1 Å². The van der Waals surface area contributed by atoms with Gasteiger partial charge in [-0.15, -0.1) is 11.3 Å². The molecule has 0 fully saturated rings. The molecule has 1 aromatic carbocycles. The molecule has 0 aliphatic carbocycles. The van der Waals surface area contributed by atoms with Crippen molar-refractivity contribution in [3.05, 3.63) is 47.6 Å². The van der Waals surface area contributed by atoms with Gasteiger partial charge in [0.2, 0.25) is 5.91 Å². The molecule has 0 spiro atoms. The van der Waals surface area contributed by atoms with Crippen LogP contribution in [0.3, 0.4) is 0 Å². The van der Waals surface area contributed by atoms with Crippen LogP contribution in [0.5, 0.6) is 0 Å². The van der Waals surface area contributed by atoms with Gasteiger partial charge in [0, 0.05) is 24.6 Å². The molecule has 2 heterocycles. The number of methoxy groups -OCH3 is 1. The van der Waals surface area contributed by atoms with Gasteiger partial charge in [-0.2, -0.15) is 0 Å². The van der Waals surface area contributed by atoms with Crippen molar-refractivity contribution in [1.29, 1.82) is 0 Å². The largest absolute Gasteiger partial charge is 0.383 e. The summed E-state index contributed by atoms with van der Waals surface area (Å²) in [4.78, 5) is 13.2. The molecule has 1 amide bonds. The van der Waals surface area contributed by atoms with Crippen LogP contribution in [0.25, 0.3) is 21.5 Å². The molecule has 120 valence electrons. The van der Waals surface area contributed by atoms with Crippen molar-refractivity contribution < 1.29 is 13.9 Å². The van der Waals surface area contributed by atoms with Gasteiger partial charge in [-0.1, -0.05) is 6.07 Å². The number of nitrogens with zero attached hydrogens (tertiary/aromatic N) is 1. The molecule has 0 saturated carbocycles. The number of halogens is 1. The molecule has 1 N–H and O–H groups in total. The molecule has 0 unspecified atom stereocenters. The summed E-state index contributed by atoms with van der Waals surface area (Å²) >= 11 is 1.59. The Bertz CT molecular complexity index is 811. The van der Waals surface area contributed by atoms with E-state index in [2.05, 4.69) is 5.32 Å². The fourth-order valence-corrected chi connectivity index (χ4v) is 3.28. The molecular formula is C17H17FN2O2S. The molecule has 3 rings (SSSR count). The Morgan fingerprint density at radius 2 is 2.22 bits per heavy atom. The predicted octanol–water partition coefficient (Wildman–Crippen LogP) is 3.27. The molecule has 0 aliphatic rings. The van der Waals surface area contributed by atoms with Crippen molar-refractivity contribution >= 4 is 28.1 Å². The zero-order chi connectivity index (χ0) is 16.2. The predicted molar refractivity (Wildman–Crippen MR) is 90.1 cm³/mol. The average Bonchev–Trinajstić information content (AvgIpc) is 3.15. The van der Waals surface area contributed by atoms with Crippen LogP contribution in [0.15, 0.2) is 41.8 Å².